The molecule has 0 radical (unpaired) electrons. The Balaban J connectivity index is 2.06. The van der Waals surface area contributed by atoms with Crippen molar-refractivity contribution in [1.82, 2.24) is 10.2 Å². The molecule has 0 amide bonds. The van der Waals surface area contributed by atoms with E-state index in [4.69, 9.17) is 0 Å². The lowest BCUT2D eigenvalue weighted by Gasteiger charge is -2.45. The smallest absolute Gasteiger partial charge is 0.0473 e. The summed E-state index contributed by atoms with van der Waals surface area (Å²) in [6, 6.07) is 11.4. The van der Waals surface area contributed by atoms with Gasteiger partial charge in [-0.15, -0.1) is 0 Å². The molecule has 3 heteroatoms. The summed E-state index contributed by atoms with van der Waals surface area (Å²) in [4.78, 5) is 2.65. The number of thioether (sulfide) groups is 1. The summed E-state index contributed by atoms with van der Waals surface area (Å²) in [5.41, 5.74) is 1.66. The van der Waals surface area contributed by atoms with Gasteiger partial charge in [-0.05, 0) is 25.2 Å². The molecule has 0 bridgehead atoms. The Hall–Kier alpha value is -0.510. The van der Waals surface area contributed by atoms with Gasteiger partial charge in [0.25, 0.3) is 0 Å². The van der Waals surface area contributed by atoms with Crippen LogP contribution < -0.4 is 5.32 Å². The number of hydrogen-bond acceptors (Lipinski definition) is 3. The summed E-state index contributed by atoms with van der Waals surface area (Å²) in [5.74, 6) is 2.45. The zero-order valence-corrected chi connectivity index (χ0v) is 13.2. The van der Waals surface area contributed by atoms with Gasteiger partial charge in [0.05, 0.1) is 0 Å². The van der Waals surface area contributed by atoms with Gasteiger partial charge in [-0.1, -0.05) is 37.3 Å². The van der Waals surface area contributed by atoms with Crippen molar-refractivity contribution < 1.29 is 0 Å². The van der Waals surface area contributed by atoms with E-state index in [0.29, 0.717) is 6.04 Å². The molecule has 2 rings (SSSR count). The van der Waals surface area contributed by atoms with Crippen molar-refractivity contribution in [2.24, 2.45) is 0 Å². The molecule has 1 unspecified atom stereocenters. The van der Waals surface area contributed by atoms with Gasteiger partial charge >= 0.3 is 0 Å². The van der Waals surface area contributed by atoms with Crippen molar-refractivity contribution in [1.29, 1.82) is 0 Å². The van der Waals surface area contributed by atoms with E-state index in [9.17, 15) is 0 Å². The van der Waals surface area contributed by atoms with E-state index in [2.05, 4.69) is 61.3 Å². The fourth-order valence-corrected chi connectivity index (χ4v) is 3.39. The van der Waals surface area contributed by atoms with Gasteiger partial charge in [-0.2, -0.15) is 11.8 Å². The Labute approximate surface area is 122 Å². The van der Waals surface area contributed by atoms with Crippen LogP contribution in [0.1, 0.15) is 32.4 Å². The fraction of sp³-hybridized carbons (Fsp3) is 0.625. The Bertz CT molecular complexity index is 378. The quantitative estimate of drug-likeness (QED) is 0.833. The Morgan fingerprint density at radius 1 is 1.32 bits per heavy atom. The van der Waals surface area contributed by atoms with Crippen LogP contribution in [0.5, 0.6) is 0 Å². The minimum absolute atomic E-state index is 0.224. The first kappa shape index (κ1) is 14.9. The van der Waals surface area contributed by atoms with Crippen molar-refractivity contribution in [3.8, 4) is 0 Å². The molecule has 1 atom stereocenters. The maximum Gasteiger partial charge on any atom is 0.0473 e. The van der Waals surface area contributed by atoms with Crippen molar-refractivity contribution in [2.75, 3.05) is 31.1 Å². The molecule has 2 nitrogen and oxygen atoms in total. The van der Waals surface area contributed by atoms with E-state index in [1.165, 1.54) is 23.6 Å². The highest BCUT2D eigenvalue weighted by atomic mass is 32.2. The Morgan fingerprint density at radius 2 is 2.05 bits per heavy atom. The number of benzene rings is 1. The van der Waals surface area contributed by atoms with Crippen LogP contribution in [0.25, 0.3) is 0 Å². The van der Waals surface area contributed by atoms with E-state index in [1.54, 1.807) is 0 Å². The highest BCUT2D eigenvalue weighted by molar-refractivity contribution is 7.99. The number of piperazine rings is 1. The number of rotatable bonds is 5. The number of nitrogens with zero attached hydrogens (tertiary/aromatic N) is 1. The fourth-order valence-electron chi connectivity index (χ4n) is 2.74. The van der Waals surface area contributed by atoms with E-state index in [1.807, 2.05) is 11.8 Å². The van der Waals surface area contributed by atoms with E-state index < -0.39 is 0 Å². The van der Waals surface area contributed by atoms with Crippen molar-refractivity contribution >= 4 is 11.8 Å². The van der Waals surface area contributed by atoms with Crippen LogP contribution in [-0.2, 0) is 0 Å². The molecule has 0 saturated carbocycles. The SMILES string of the molecule is CCSCCN1CC(C)(C)NCC1c1ccccc1. The van der Waals surface area contributed by atoms with Crippen LogP contribution in [0.4, 0.5) is 0 Å². The van der Waals surface area contributed by atoms with Gasteiger partial charge in [-0.25, -0.2) is 0 Å². The van der Waals surface area contributed by atoms with Gasteiger partial charge in [-0.3, -0.25) is 4.90 Å². The predicted octanol–water partition coefficient (Wildman–Crippen LogP) is 3.16. The second-order valence-electron chi connectivity index (χ2n) is 5.86. The maximum atomic E-state index is 3.68. The molecular weight excluding hydrogens is 252 g/mol. The van der Waals surface area contributed by atoms with Crippen LogP contribution in [0.2, 0.25) is 0 Å². The van der Waals surface area contributed by atoms with E-state index >= 15 is 0 Å². The summed E-state index contributed by atoms with van der Waals surface area (Å²) in [6.45, 7) is 10.2. The molecule has 106 valence electrons. The van der Waals surface area contributed by atoms with Crippen molar-refractivity contribution in [2.45, 2.75) is 32.4 Å². The molecule has 1 aliphatic heterocycles. The van der Waals surface area contributed by atoms with Gasteiger partial charge in [0.1, 0.15) is 0 Å². The molecule has 1 aromatic rings. The van der Waals surface area contributed by atoms with Crippen LogP contribution >= 0.6 is 11.8 Å². The van der Waals surface area contributed by atoms with Crippen LogP contribution in [0.3, 0.4) is 0 Å². The summed E-state index contributed by atoms with van der Waals surface area (Å²) in [6.07, 6.45) is 0. The normalized spacial score (nSPS) is 23.4. The first-order chi connectivity index (χ1) is 9.12. The predicted molar refractivity (Wildman–Crippen MR) is 85.8 cm³/mol. The van der Waals surface area contributed by atoms with Crippen molar-refractivity contribution in [3.05, 3.63) is 35.9 Å². The average molecular weight is 278 g/mol. The standard InChI is InChI=1S/C16H26N2S/c1-4-19-11-10-18-13-16(2,3)17-12-15(18)14-8-6-5-7-9-14/h5-9,15,17H,4,10-13H2,1-3H3. The lowest BCUT2D eigenvalue weighted by atomic mass is 9.95. The third-order valence-electron chi connectivity index (χ3n) is 3.72. The first-order valence-electron chi connectivity index (χ1n) is 7.24. The zero-order valence-electron chi connectivity index (χ0n) is 12.4. The molecule has 1 fully saturated rings. The number of hydrogen-bond donors (Lipinski definition) is 1. The third kappa shape index (κ3) is 4.23. The van der Waals surface area contributed by atoms with E-state index in [0.717, 1.165) is 13.1 Å². The second-order valence-corrected chi connectivity index (χ2v) is 7.25. The molecule has 19 heavy (non-hydrogen) atoms. The molecule has 1 heterocycles. The summed E-state index contributed by atoms with van der Waals surface area (Å²) >= 11 is 2.04. The molecule has 0 aromatic heterocycles. The molecule has 1 N–H and O–H groups in total. The first-order valence-corrected chi connectivity index (χ1v) is 8.39. The lowest BCUT2D eigenvalue weighted by Crippen LogP contribution is -2.58. The maximum absolute atomic E-state index is 3.68. The summed E-state index contributed by atoms with van der Waals surface area (Å²) < 4.78 is 0. The van der Waals surface area contributed by atoms with Gasteiger partial charge in [0.15, 0.2) is 0 Å². The van der Waals surface area contributed by atoms with Crippen LogP contribution in [-0.4, -0.2) is 41.6 Å². The molecule has 1 aromatic carbocycles. The topological polar surface area (TPSA) is 15.3 Å². The summed E-state index contributed by atoms with van der Waals surface area (Å²) in [5, 5.41) is 3.68. The highest BCUT2D eigenvalue weighted by Crippen LogP contribution is 2.26. The molecular formula is C16H26N2S. The molecule has 1 aliphatic rings. The van der Waals surface area contributed by atoms with Crippen LogP contribution in [0, 0.1) is 0 Å². The molecule has 0 aliphatic carbocycles. The Morgan fingerprint density at radius 3 is 2.74 bits per heavy atom. The monoisotopic (exact) mass is 278 g/mol. The Kier molecular flexibility index (Phi) is 5.31. The highest BCUT2D eigenvalue weighted by Gasteiger charge is 2.32. The molecule has 1 saturated heterocycles. The third-order valence-corrected chi connectivity index (χ3v) is 4.60. The van der Waals surface area contributed by atoms with E-state index in [-0.39, 0.29) is 5.54 Å². The van der Waals surface area contributed by atoms with Crippen molar-refractivity contribution in [3.63, 3.8) is 0 Å². The largest absolute Gasteiger partial charge is 0.309 e. The van der Waals surface area contributed by atoms with Gasteiger partial charge in [0.2, 0.25) is 0 Å². The van der Waals surface area contributed by atoms with Gasteiger partial charge < -0.3 is 5.32 Å². The summed E-state index contributed by atoms with van der Waals surface area (Å²) in [7, 11) is 0. The van der Waals surface area contributed by atoms with Gasteiger partial charge in [0, 0.05) is 37.0 Å². The zero-order chi connectivity index (χ0) is 13.7. The van der Waals surface area contributed by atoms with Crippen LogP contribution in [0.15, 0.2) is 30.3 Å². The number of nitrogens with one attached hydrogen (secondary N) is 1. The lowest BCUT2D eigenvalue weighted by molar-refractivity contribution is 0.102. The molecule has 0 spiro atoms. The second kappa shape index (κ2) is 6.78. The minimum atomic E-state index is 0.224. The minimum Gasteiger partial charge on any atom is -0.309 e. The average Bonchev–Trinajstić information content (AvgIpc) is 2.39.